The van der Waals surface area contributed by atoms with Crippen molar-refractivity contribution in [2.75, 3.05) is 13.2 Å². The summed E-state index contributed by atoms with van der Waals surface area (Å²) in [5.74, 6) is -0.230. The number of aliphatic hydroxyl groups excluding tert-OH is 1. The summed E-state index contributed by atoms with van der Waals surface area (Å²) in [6.45, 7) is 6.73. The van der Waals surface area contributed by atoms with E-state index in [1.165, 1.54) is 32.1 Å². The van der Waals surface area contributed by atoms with Crippen LogP contribution in [0.2, 0.25) is 0 Å². The minimum Gasteiger partial charge on any atom is -0.466 e. The van der Waals surface area contributed by atoms with Gasteiger partial charge in [0.05, 0.1) is 6.61 Å². The first-order chi connectivity index (χ1) is 7.72. The van der Waals surface area contributed by atoms with E-state index in [1.54, 1.807) is 6.92 Å². The summed E-state index contributed by atoms with van der Waals surface area (Å²) in [5, 5.41) is 8.28. The van der Waals surface area contributed by atoms with Crippen LogP contribution in [0.1, 0.15) is 65.7 Å². The van der Waals surface area contributed by atoms with Crippen molar-refractivity contribution in [1.82, 2.24) is 0 Å². The summed E-state index contributed by atoms with van der Waals surface area (Å²) >= 11 is 0. The minimum absolute atomic E-state index is 0.0544. The average Bonchev–Trinajstić information content (AvgIpc) is 2.28. The Morgan fingerprint density at radius 2 is 1.56 bits per heavy atom. The predicted molar refractivity (Wildman–Crippen MR) is 67.4 cm³/mol. The fraction of sp³-hybridized carbons (Fsp3) is 0.923. The quantitative estimate of drug-likeness (QED) is 0.516. The Morgan fingerprint density at radius 3 is 1.94 bits per heavy atom. The van der Waals surface area contributed by atoms with Crippen LogP contribution in [0.25, 0.3) is 0 Å². The molecule has 0 heterocycles. The van der Waals surface area contributed by atoms with Gasteiger partial charge in [-0.15, -0.1) is 0 Å². The molecule has 0 aliphatic rings. The van der Waals surface area contributed by atoms with Crippen molar-refractivity contribution in [2.45, 2.75) is 65.7 Å². The highest BCUT2D eigenvalue weighted by atomic mass is 16.5. The van der Waals surface area contributed by atoms with Crippen molar-refractivity contribution in [2.24, 2.45) is 0 Å². The highest BCUT2D eigenvalue weighted by Gasteiger charge is 1.97. The molecule has 0 aromatic rings. The fourth-order valence-corrected chi connectivity index (χ4v) is 1.13. The SMILES string of the molecule is CCCCCCC.CCOC(=O)CCCO. The number of carbonyl (C=O) groups is 1. The number of hydrogen-bond acceptors (Lipinski definition) is 3. The summed E-state index contributed by atoms with van der Waals surface area (Å²) in [4.78, 5) is 10.5. The van der Waals surface area contributed by atoms with Crippen molar-refractivity contribution < 1.29 is 14.6 Å². The van der Waals surface area contributed by atoms with E-state index >= 15 is 0 Å². The molecule has 0 aliphatic carbocycles. The number of ether oxygens (including phenoxy) is 1. The maximum Gasteiger partial charge on any atom is 0.305 e. The van der Waals surface area contributed by atoms with Gasteiger partial charge in [0.1, 0.15) is 0 Å². The largest absolute Gasteiger partial charge is 0.466 e. The molecule has 1 N–H and O–H groups in total. The molecule has 0 aliphatic heterocycles. The van der Waals surface area contributed by atoms with Crippen LogP contribution >= 0.6 is 0 Å². The molecule has 3 nitrogen and oxygen atoms in total. The third-order valence-corrected chi connectivity index (χ3v) is 2.05. The van der Waals surface area contributed by atoms with Gasteiger partial charge in [-0.1, -0.05) is 46.0 Å². The van der Waals surface area contributed by atoms with Crippen molar-refractivity contribution in [3.05, 3.63) is 0 Å². The number of aliphatic hydroxyl groups is 1. The Bertz CT molecular complexity index is 131. The zero-order valence-corrected chi connectivity index (χ0v) is 11.1. The monoisotopic (exact) mass is 232 g/mol. The zero-order valence-electron chi connectivity index (χ0n) is 11.1. The van der Waals surface area contributed by atoms with E-state index in [0.29, 0.717) is 19.4 Å². The van der Waals surface area contributed by atoms with Gasteiger partial charge in [0, 0.05) is 13.0 Å². The Kier molecular flexibility index (Phi) is 18.8. The molecule has 0 bridgehead atoms. The average molecular weight is 232 g/mol. The standard InChI is InChI=1S/C7H16.C6H12O3/c1-3-5-7-6-4-2;1-2-9-6(8)4-3-5-7/h3-7H2,1-2H3;7H,2-5H2,1H3. The zero-order chi connectivity index (χ0) is 12.6. The molecular weight excluding hydrogens is 204 g/mol. The fourth-order valence-electron chi connectivity index (χ4n) is 1.13. The number of unbranched alkanes of at least 4 members (excludes halogenated alkanes) is 4. The molecule has 0 unspecified atom stereocenters. The summed E-state index contributed by atoms with van der Waals surface area (Å²) in [6.07, 6.45) is 7.83. The third kappa shape index (κ3) is 19.1. The van der Waals surface area contributed by atoms with E-state index in [2.05, 4.69) is 18.6 Å². The smallest absolute Gasteiger partial charge is 0.305 e. The Morgan fingerprint density at radius 1 is 1.00 bits per heavy atom. The van der Waals surface area contributed by atoms with Gasteiger partial charge in [0.15, 0.2) is 0 Å². The molecular formula is C13H28O3. The van der Waals surface area contributed by atoms with Crippen LogP contribution in [-0.2, 0) is 9.53 Å². The lowest BCUT2D eigenvalue weighted by Crippen LogP contribution is -2.03. The molecule has 0 saturated carbocycles. The van der Waals surface area contributed by atoms with Crippen LogP contribution in [0.4, 0.5) is 0 Å². The number of hydrogen-bond donors (Lipinski definition) is 1. The summed E-state index contributed by atoms with van der Waals surface area (Å²) < 4.78 is 4.59. The van der Waals surface area contributed by atoms with Gasteiger partial charge >= 0.3 is 5.97 Å². The summed E-state index contributed by atoms with van der Waals surface area (Å²) in [5.41, 5.74) is 0. The van der Waals surface area contributed by atoms with Crippen LogP contribution in [-0.4, -0.2) is 24.3 Å². The first-order valence-electron chi connectivity index (χ1n) is 6.49. The normalized spacial score (nSPS) is 9.25. The molecule has 0 rings (SSSR count). The second kappa shape index (κ2) is 16.8. The molecule has 16 heavy (non-hydrogen) atoms. The second-order valence-corrected chi connectivity index (χ2v) is 3.69. The molecule has 3 heteroatoms. The molecule has 98 valence electrons. The van der Waals surface area contributed by atoms with Crippen LogP contribution < -0.4 is 0 Å². The first kappa shape index (κ1) is 17.8. The van der Waals surface area contributed by atoms with E-state index in [1.807, 2.05) is 0 Å². The van der Waals surface area contributed by atoms with E-state index in [0.717, 1.165) is 0 Å². The Labute approximate surface area is 100 Å². The second-order valence-electron chi connectivity index (χ2n) is 3.69. The van der Waals surface area contributed by atoms with Gasteiger partial charge < -0.3 is 9.84 Å². The van der Waals surface area contributed by atoms with Crippen molar-refractivity contribution in [3.8, 4) is 0 Å². The van der Waals surface area contributed by atoms with Gasteiger partial charge in [0.2, 0.25) is 0 Å². The van der Waals surface area contributed by atoms with Gasteiger partial charge in [-0.05, 0) is 13.3 Å². The lowest BCUT2D eigenvalue weighted by Gasteiger charge is -1.97. The van der Waals surface area contributed by atoms with Crippen molar-refractivity contribution in [1.29, 1.82) is 0 Å². The molecule has 0 aromatic heterocycles. The molecule has 0 amide bonds. The maximum absolute atomic E-state index is 10.5. The Hall–Kier alpha value is -0.570. The molecule has 0 aromatic carbocycles. The third-order valence-electron chi connectivity index (χ3n) is 2.05. The molecule has 0 saturated heterocycles. The highest BCUT2D eigenvalue weighted by Crippen LogP contribution is 2.00. The van der Waals surface area contributed by atoms with Crippen LogP contribution in [0.5, 0.6) is 0 Å². The molecule has 0 radical (unpaired) electrons. The topological polar surface area (TPSA) is 46.5 Å². The molecule has 0 spiro atoms. The van der Waals surface area contributed by atoms with Gasteiger partial charge in [-0.2, -0.15) is 0 Å². The van der Waals surface area contributed by atoms with E-state index in [4.69, 9.17) is 5.11 Å². The van der Waals surface area contributed by atoms with Crippen LogP contribution in [0.15, 0.2) is 0 Å². The lowest BCUT2D eigenvalue weighted by molar-refractivity contribution is -0.143. The Balaban J connectivity index is 0. The van der Waals surface area contributed by atoms with Crippen LogP contribution in [0.3, 0.4) is 0 Å². The number of esters is 1. The minimum atomic E-state index is -0.230. The predicted octanol–water partition coefficient (Wildman–Crippen LogP) is 3.30. The molecule has 0 fully saturated rings. The summed E-state index contributed by atoms with van der Waals surface area (Å²) in [6, 6.07) is 0. The van der Waals surface area contributed by atoms with Crippen LogP contribution in [0, 0.1) is 0 Å². The maximum atomic E-state index is 10.5. The lowest BCUT2D eigenvalue weighted by atomic mass is 10.2. The van der Waals surface area contributed by atoms with E-state index < -0.39 is 0 Å². The number of carbonyl (C=O) groups excluding carboxylic acids is 1. The van der Waals surface area contributed by atoms with Gasteiger partial charge in [0.25, 0.3) is 0 Å². The van der Waals surface area contributed by atoms with Crippen molar-refractivity contribution >= 4 is 5.97 Å². The van der Waals surface area contributed by atoms with Crippen molar-refractivity contribution in [3.63, 3.8) is 0 Å². The van der Waals surface area contributed by atoms with Gasteiger partial charge in [-0.25, -0.2) is 0 Å². The van der Waals surface area contributed by atoms with Gasteiger partial charge in [-0.3, -0.25) is 4.79 Å². The van der Waals surface area contributed by atoms with E-state index in [-0.39, 0.29) is 12.6 Å². The first-order valence-corrected chi connectivity index (χ1v) is 6.49. The number of rotatable bonds is 8. The van der Waals surface area contributed by atoms with E-state index in [9.17, 15) is 4.79 Å². The summed E-state index contributed by atoms with van der Waals surface area (Å²) in [7, 11) is 0. The highest BCUT2D eigenvalue weighted by molar-refractivity contribution is 5.69. The molecule has 0 atom stereocenters.